The fourth-order valence-electron chi connectivity index (χ4n) is 2.53. The zero-order valence-corrected chi connectivity index (χ0v) is 13.2. The third-order valence-corrected chi connectivity index (χ3v) is 3.61. The molecule has 1 heterocycles. The molecule has 114 valence electrons. The molecule has 0 radical (unpaired) electrons. The minimum absolute atomic E-state index is 0.0392. The van der Waals surface area contributed by atoms with Crippen LogP contribution in [0.1, 0.15) is 45.0 Å². The summed E-state index contributed by atoms with van der Waals surface area (Å²) >= 11 is 0. The van der Waals surface area contributed by atoms with E-state index in [0.717, 1.165) is 54.0 Å². The highest BCUT2D eigenvalue weighted by molar-refractivity contribution is 5.78. The van der Waals surface area contributed by atoms with Crippen molar-refractivity contribution in [2.75, 3.05) is 7.11 Å². The smallest absolute Gasteiger partial charge is 0.127 e. The molecule has 1 unspecified atom stereocenters. The SMILES string of the molecule is C=C(C)Cn1c(C(N)CCCC)nc2cc(OC)ccc21. The maximum Gasteiger partial charge on any atom is 0.127 e. The van der Waals surface area contributed by atoms with Crippen LogP contribution in [0.3, 0.4) is 0 Å². The van der Waals surface area contributed by atoms with Gasteiger partial charge >= 0.3 is 0 Å². The number of hydrogen-bond donors (Lipinski definition) is 1. The molecule has 4 heteroatoms. The molecule has 2 N–H and O–H groups in total. The number of hydrogen-bond acceptors (Lipinski definition) is 3. The number of unbranched alkanes of at least 4 members (excludes halogenated alkanes) is 1. The minimum atomic E-state index is -0.0392. The van der Waals surface area contributed by atoms with E-state index in [9.17, 15) is 0 Å². The van der Waals surface area contributed by atoms with E-state index in [1.54, 1.807) is 7.11 Å². The molecule has 0 saturated carbocycles. The first-order valence-corrected chi connectivity index (χ1v) is 7.51. The van der Waals surface area contributed by atoms with Crippen LogP contribution in [0.15, 0.2) is 30.4 Å². The third-order valence-electron chi connectivity index (χ3n) is 3.61. The molecule has 2 rings (SSSR count). The first-order valence-electron chi connectivity index (χ1n) is 7.51. The molecule has 1 atom stereocenters. The van der Waals surface area contributed by atoms with Crippen molar-refractivity contribution in [2.45, 2.75) is 45.7 Å². The molecular weight excluding hydrogens is 262 g/mol. The van der Waals surface area contributed by atoms with E-state index in [1.165, 1.54) is 0 Å². The number of aromatic nitrogens is 2. The van der Waals surface area contributed by atoms with Crippen molar-refractivity contribution in [3.63, 3.8) is 0 Å². The number of nitrogens with two attached hydrogens (primary N) is 1. The summed E-state index contributed by atoms with van der Waals surface area (Å²) in [4.78, 5) is 4.74. The molecule has 0 saturated heterocycles. The highest BCUT2D eigenvalue weighted by Gasteiger charge is 2.17. The fraction of sp³-hybridized carbons (Fsp3) is 0.471. The molecule has 0 amide bonds. The molecule has 2 aromatic rings. The lowest BCUT2D eigenvalue weighted by atomic mass is 10.1. The molecule has 0 spiro atoms. The molecule has 0 aliphatic heterocycles. The summed E-state index contributed by atoms with van der Waals surface area (Å²) in [5.41, 5.74) is 9.45. The third kappa shape index (κ3) is 3.45. The summed E-state index contributed by atoms with van der Waals surface area (Å²) in [6.07, 6.45) is 3.20. The topological polar surface area (TPSA) is 53.1 Å². The summed E-state index contributed by atoms with van der Waals surface area (Å²) in [5, 5.41) is 0. The molecule has 0 bridgehead atoms. The van der Waals surface area contributed by atoms with E-state index in [0.29, 0.717) is 0 Å². The van der Waals surface area contributed by atoms with Crippen LogP contribution in [-0.4, -0.2) is 16.7 Å². The maximum absolute atomic E-state index is 6.35. The Morgan fingerprint density at radius 1 is 1.48 bits per heavy atom. The van der Waals surface area contributed by atoms with Gasteiger partial charge in [0.2, 0.25) is 0 Å². The van der Waals surface area contributed by atoms with Crippen LogP contribution in [0.25, 0.3) is 11.0 Å². The van der Waals surface area contributed by atoms with Gasteiger partial charge in [-0.25, -0.2) is 4.98 Å². The van der Waals surface area contributed by atoms with E-state index in [4.69, 9.17) is 15.5 Å². The molecular formula is C17H25N3O. The normalized spacial score (nSPS) is 12.6. The van der Waals surface area contributed by atoms with Crippen molar-refractivity contribution in [2.24, 2.45) is 5.73 Å². The highest BCUT2D eigenvalue weighted by atomic mass is 16.5. The number of imidazole rings is 1. The van der Waals surface area contributed by atoms with Crippen molar-refractivity contribution >= 4 is 11.0 Å². The summed E-state index contributed by atoms with van der Waals surface area (Å²) < 4.78 is 7.46. The Labute approximate surface area is 126 Å². The van der Waals surface area contributed by atoms with E-state index >= 15 is 0 Å². The molecule has 1 aromatic heterocycles. The van der Waals surface area contributed by atoms with Gasteiger partial charge in [-0.1, -0.05) is 31.9 Å². The van der Waals surface area contributed by atoms with Gasteiger partial charge in [0.1, 0.15) is 11.6 Å². The van der Waals surface area contributed by atoms with E-state index in [-0.39, 0.29) is 6.04 Å². The van der Waals surface area contributed by atoms with Crippen LogP contribution in [0.2, 0.25) is 0 Å². The summed E-state index contributed by atoms with van der Waals surface area (Å²) in [6.45, 7) is 8.97. The van der Waals surface area contributed by atoms with E-state index < -0.39 is 0 Å². The van der Waals surface area contributed by atoms with Crippen LogP contribution in [-0.2, 0) is 6.54 Å². The average molecular weight is 287 g/mol. The Kier molecular flexibility index (Phi) is 5.02. The van der Waals surface area contributed by atoms with Crippen LogP contribution in [0, 0.1) is 0 Å². The summed E-state index contributed by atoms with van der Waals surface area (Å²) in [5.74, 6) is 1.76. The Hall–Kier alpha value is -1.81. The Bertz CT molecular complexity index is 630. The molecule has 0 fully saturated rings. The van der Waals surface area contributed by atoms with E-state index in [1.807, 2.05) is 25.1 Å². The van der Waals surface area contributed by atoms with Crippen LogP contribution in [0.4, 0.5) is 0 Å². The number of allylic oxidation sites excluding steroid dienone is 1. The van der Waals surface area contributed by atoms with Gasteiger partial charge in [0.15, 0.2) is 0 Å². The molecule has 0 aliphatic rings. The number of nitrogens with zero attached hydrogens (tertiary/aromatic N) is 2. The van der Waals surface area contributed by atoms with Crippen LogP contribution >= 0.6 is 0 Å². The van der Waals surface area contributed by atoms with Crippen molar-refractivity contribution in [1.82, 2.24) is 9.55 Å². The van der Waals surface area contributed by atoms with Crippen molar-refractivity contribution in [3.05, 3.63) is 36.2 Å². The number of benzene rings is 1. The first kappa shape index (κ1) is 15.6. The van der Waals surface area contributed by atoms with Gasteiger partial charge < -0.3 is 15.0 Å². The van der Waals surface area contributed by atoms with Gasteiger partial charge in [-0.2, -0.15) is 0 Å². The second-order valence-corrected chi connectivity index (χ2v) is 5.62. The van der Waals surface area contributed by atoms with Crippen LogP contribution in [0.5, 0.6) is 5.75 Å². The van der Waals surface area contributed by atoms with Crippen molar-refractivity contribution in [1.29, 1.82) is 0 Å². The lowest BCUT2D eigenvalue weighted by Gasteiger charge is -2.14. The van der Waals surface area contributed by atoms with Crippen molar-refractivity contribution in [3.8, 4) is 5.75 Å². The summed E-state index contributed by atoms with van der Waals surface area (Å²) in [7, 11) is 1.67. The second-order valence-electron chi connectivity index (χ2n) is 5.62. The van der Waals surface area contributed by atoms with Gasteiger partial charge in [0.25, 0.3) is 0 Å². The largest absolute Gasteiger partial charge is 0.497 e. The number of fused-ring (bicyclic) bond motifs is 1. The van der Waals surface area contributed by atoms with Gasteiger partial charge in [0.05, 0.1) is 24.2 Å². The Balaban J connectivity index is 2.48. The van der Waals surface area contributed by atoms with E-state index in [2.05, 4.69) is 18.1 Å². The number of ether oxygens (including phenoxy) is 1. The lowest BCUT2D eigenvalue weighted by molar-refractivity contribution is 0.415. The molecule has 21 heavy (non-hydrogen) atoms. The molecule has 0 aliphatic carbocycles. The highest BCUT2D eigenvalue weighted by Crippen LogP contribution is 2.26. The van der Waals surface area contributed by atoms with Gasteiger partial charge in [-0.05, 0) is 25.5 Å². The lowest BCUT2D eigenvalue weighted by Crippen LogP contribution is -2.17. The monoisotopic (exact) mass is 287 g/mol. The van der Waals surface area contributed by atoms with Gasteiger partial charge in [-0.3, -0.25) is 0 Å². The average Bonchev–Trinajstić information content (AvgIpc) is 2.82. The van der Waals surface area contributed by atoms with Gasteiger partial charge in [0, 0.05) is 12.6 Å². The first-order chi connectivity index (χ1) is 10.1. The molecule has 4 nitrogen and oxygen atoms in total. The predicted octanol–water partition coefficient (Wildman–Crippen LogP) is 3.81. The quantitative estimate of drug-likeness (QED) is 0.788. The fourth-order valence-corrected chi connectivity index (χ4v) is 2.53. The molecule has 1 aromatic carbocycles. The Morgan fingerprint density at radius 3 is 2.86 bits per heavy atom. The zero-order chi connectivity index (χ0) is 15.4. The number of rotatable bonds is 7. The zero-order valence-electron chi connectivity index (χ0n) is 13.2. The standard InChI is InChI=1S/C17H25N3O/c1-5-6-7-14(18)17-19-15-10-13(21-4)8-9-16(15)20(17)11-12(2)3/h8-10,14H,2,5-7,11,18H2,1,3-4H3. The van der Waals surface area contributed by atoms with Crippen LogP contribution < -0.4 is 10.5 Å². The summed E-state index contributed by atoms with van der Waals surface area (Å²) in [6, 6.07) is 5.92. The minimum Gasteiger partial charge on any atom is -0.497 e. The predicted molar refractivity (Wildman–Crippen MR) is 87.6 cm³/mol. The van der Waals surface area contributed by atoms with Gasteiger partial charge in [-0.15, -0.1) is 0 Å². The second kappa shape index (κ2) is 6.76. The van der Waals surface area contributed by atoms with Crippen molar-refractivity contribution < 1.29 is 4.74 Å². The Morgan fingerprint density at radius 2 is 2.24 bits per heavy atom. The number of methoxy groups -OCH3 is 1. The maximum atomic E-state index is 6.35.